The fraction of sp³-hybridized carbons (Fsp3) is 0.200. The number of methoxy groups -OCH3 is 1. The van der Waals surface area contributed by atoms with Gasteiger partial charge < -0.3 is 19.0 Å². The summed E-state index contributed by atoms with van der Waals surface area (Å²) in [4.78, 5) is 27.4. The molecule has 1 N–H and O–H groups in total. The van der Waals surface area contributed by atoms with Crippen molar-refractivity contribution in [3.8, 4) is 11.5 Å². The average Bonchev–Trinajstić information content (AvgIpc) is 3.44. The molecule has 32 heavy (non-hydrogen) atoms. The highest BCUT2D eigenvalue weighted by molar-refractivity contribution is 6.51. The van der Waals surface area contributed by atoms with Crippen LogP contribution in [0.25, 0.3) is 5.76 Å². The minimum absolute atomic E-state index is 0.0463. The molecule has 1 amide bonds. The summed E-state index contributed by atoms with van der Waals surface area (Å²) in [6.07, 6.45) is 2.33. The summed E-state index contributed by atoms with van der Waals surface area (Å²) in [5.41, 5.74) is 0.805. The Bertz CT molecular complexity index is 1150. The van der Waals surface area contributed by atoms with Gasteiger partial charge in [0.15, 0.2) is 0 Å². The molecule has 2 heterocycles. The highest BCUT2D eigenvalue weighted by atomic mass is 16.5. The molecule has 1 aliphatic heterocycles. The Morgan fingerprint density at radius 1 is 1.06 bits per heavy atom. The molecule has 1 fully saturated rings. The van der Waals surface area contributed by atoms with E-state index in [9.17, 15) is 14.7 Å². The first-order valence-corrected chi connectivity index (χ1v) is 10.3. The quantitative estimate of drug-likeness (QED) is 0.330. The van der Waals surface area contributed by atoms with Crippen LogP contribution in [0.3, 0.4) is 0 Å². The van der Waals surface area contributed by atoms with Crippen LogP contribution in [0, 0.1) is 0 Å². The van der Waals surface area contributed by atoms with Gasteiger partial charge in [-0.1, -0.05) is 13.0 Å². The lowest BCUT2D eigenvalue weighted by Crippen LogP contribution is -2.29. The number of hydrogen-bond acceptors (Lipinski definition) is 6. The smallest absolute Gasteiger partial charge is 0.300 e. The molecule has 1 aliphatic rings. The first-order chi connectivity index (χ1) is 15.5. The second-order valence-corrected chi connectivity index (χ2v) is 7.26. The largest absolute Gasteiger partial charge is 0.507 e. The van der Waals surface area contributed by atoms with Gasteiger partial charge in [-0.3, -0.25) is 14.5 Å². The summed E-state index contributed by atoms with van der Waals surface area (Å²) in [6.45, 7) is 2.59. The van der Waals surface area contributed by atoms with Crippen LogP contribution in [0.5, 0.6) is 11.5 Å². The summed E-state index contributed by atoms with van der Waals surface area (Å²) >= 11 is 0. The molecule has 0 aliphatic carbocycles. The third-order valence-electron chi connectivity index (χ3n) is 5.19. The van der Waals surface area contributed by atoms with Crippen molar-refractivity contribution in [2.45, 2.75) is 19.4 Å². The monoisotopic (exact) mass is 433 g/mol. The number of carbonyl (C=O) groups excluding carboxylic acids is 2. The number of anilines is 1. The zero-order valence-corrected chi connectivity index (χ0v) is 17.8. The van der Waals surface area contributed by atoms with Crippen molar-refractivity contribution in [2.24, 2.45) is 0 Å². The van der Waals surface area contributed by atoms with Gasteiger partial charge in [0, 0.05) is 17.3 Å². The SMILES string of the molecule is CCCOc1ccc(/C(O)=C2/C(=O)C(=O)N(c3cccc(OC)c3)C2c2ccco2)cc1. The van der Waals surface area contributed by atoms with Crippen LogP contribution in [0.4, 0.5) is 5.69 Å². The number of carbonyl (C=O) groups is 2. The minimum atomic E-state index is -0.923. The fourth-order valence-corrected chi connectivity index (χ4v) is 3.66. The Labute approximate surface area is 185 Å². The Balaban J connectivity index is 1.81. The number of amides is 1. The molecule has 164 valence electrons. The normalized spacial score (nSPS) is 17.6. The Morgan fingerprint density at radius 2 is 1.84 bits per heavy atom. The van der Waals surface area contributed by atoms with E-state index in [1.54, 1.807) is 60.7 Å². The van der Waals surface area contributed by atoms with Gasteiger partial charge in [0.2, 0.25) is 0 Å². The predicted molar refractivity (Wildman–Crippen MR) is 119 cm³/mol. The maximum absolute atomic E-state index is 13.1. The number of rotatable bonds is 7. The predicted octanol–water partition coefficient (Wildman–Crippen LogP) is 4.70. The maximum atomic E-state index is 13.1. The lowest BCUT2D eigenvalue weighted by Gasteiger charge is -2.23. The lowest BCUT2D eigenvalue weighted by molar-refractivity contribution is -0.132. The summed E-state index contributed by atoms with van der Waals surface area (Å²) < 4.78 is 16.4. The van der Waals surface area contributed by atoms with Gasteiger partial charge in [-0.05, 0) is 55.0 Å². The molecule has 1 aromatic heterocycles. The van der Waals surface area contributed by atoms with Crippen LogP contribution in [-0.4, -0.2) is 30.5 Å². The number of Topliss-reactive ketones (excluding diaryl/α,β-unsaturated/α-hetero) is 1. The van der Waals surface area contributed by atoms with E-state index in [2.05, 4.69) is 0 Å². The van der Waals surface area contributed by atoms with Gasteiger partial charge in [-0.2, -0.15) is 0 Å². The molecule has 0 saturated carbocycles. The summed E-state index contributed by atoms with van der Waals surface area (Å²) in [7, 11) is 1.52. The van der Waals surface area contributed by atoms with Gasteiger partial charge >= 0.3 is 0 Å². The highest BCUT2D eigenvalue weighted by Crippen LogP contribution is 2.43. The second kappa shape index (κ2) is 9.01. The van der Waals surface area contributed by atoms with Crippen molar-refractivity contribution in [1.82, 2.24) is 0 Å². The van der Waals surface area contributed by atoms with Crippen LogP contribution < -0.4 is 14.4 Å². The molecular formula is C25H23NO6. The third kappa shape index (κ3) is 3.85. The molecule has 3 aromatic rings. The zero-order chi connectivity index (χ0) is 22.7. The number of aliphatic hydroxyl groups excluding tert-OH is 1. The number of ketones is 1. The van der Waals surface area contributed by atoms with Crippen LogP contribution in [0.15, 0.2) is 76.9 Å². The topological polar surface area (TPSA) is 89.2 Å². The molecular weight excluding hydrogens is 410 g/mol. The van der Waals surface area contributed by atoms with E-state index in [-0.39, 0.29) is 11.3 Å². The van der Waals surface area contributed by atoms with E-state index >= 15 is 0 Å². The molecule has 0 radical (unpaired) electrons. The Kier molecular flexibility index (Phi) is 5.98. The van der Waals surface area contributed by atoms with E-state index in [4.69, 9.17) is 13.9 Å². The molecule has 1 atom stereocenters. The molecule has 7 heteroatoms. The molecule has 1 unspecified atom stereocenters. The standard InChI is InChI=1S/C25H23NO6/c1-3-13-31-18-11-9-16(10-12-18)23(27)21-22(20-8-5-14-32-20)26(25(29)24(21)28)17-6-4-7-19(15-17)30-2/h4-12,14-15,22,27H,3,13H2,1-2H3/b23-21-. The molecule has 4 rings (SSSR count). The number of nitrogens with zero attached hydrogens (tertiary/aromatic N) is 1. The van der Waals surface area contributed by atoms with Crippen LogP contribution in [-0.2, 0) is 9.59 Å². The molecule has 0 bridgehead atoms. The van der Waals surface area contributed by atoms with E-state index in [0.717, 1.165) is 6.42 Å². The van der Waals surface area contributed by atoms with Crippen LogP contribution >= 0.6 is 0 Å². The number of hydrogen-bond donors (Lipinski definition) is 1. The van der Waals surface area contributed by atoms with Gasteiger partial charge in [0.05, 0.1) is 25.6 Å². The van der Waals surface area contributed by atoms with Crippen molar-refractivity contribution < 1.29 is 28.6 Å². The molecule has 0 spiro atoms. The Morgan fingerprint density at radius 3 is 2.50 bits per heavy atom. The average molecular weight is 433 g/mol. The number of ether oxygens (including phenoxy) is 2. The minimum Gasteiger partial charge on any atom is -0.507 e. The second-order valence-electron chi connectivity index (χ2n) is 7.26. The first-order valence-electron chi connectivity index (χ1n) is 10.3. The molecule has 1 saturated heterocycles. The van der Waals surface area contributed by atoms with E-state index in [0.29, 0.717) is 35.1 Å². The van der Waals surface area contributed by atoms with Crippen molar-refractivity contribution in [2.75, 3.05) is 18.6 Å². The maximum Gasteiger partial charge on any atom is 0.300 e. The van der Waals surface area contributed by atoms with Gasteiger partial charge in [0.25, 0.3) is 11.7 Å². The molecule has 7 nitrogen and oxygen atoms in total. The molecule has 2 aromatic carbocycles. The summed E-state index contributed by atoms with van der Waals surface area (Å²) in [5, 5.41) is 11.1. The number of aliphatic hydroxyl groups is 1. The van der Waals surface area contributed by atoms with Crippen LogP contribution in [0.2, 0.25) is 0 Å². The van der Waals surface area contributed by atoms with Gasteiger partial charge in [-0.25, -0.2) is 0 Å². The van der Waals surface area contributed by atoms with Gasteiger partial charge in [0.1, 0.15) is 29.1 Å². The highest BCUT2D eigenvalue weighted by Gasteiger charge is 2.48. The summed E-state index contributed by atoms with van der Waals surface area (Å²) in [6, 6.07) is 16.0. The van der Waals surface area contributed by atoms with Crippen LogP contribution in [0.1, 0.15) is 30.7 Å². The third-order valence-corrected chi connectivity index (χ3v) is 5.19. The Hall–Kier alpha value is -4.00. The number of benzene rings is 2. The van der Waals surface area contributed by atoms with E-state index in [1.165, 1.54) is 18.3 Å². The van der Waals surface area contributed by atoms with E-state index < -0.39 is 17.7 Å². The fourth-order valence-electron chi connectivity index (χ4n) is 3.66. The summed E-state index contributed by atoms with van der Waals surface area (Å²) in [5.74, 6) is -0.288. The van der Waals surface area contributed by atoms with Crippen molar-refractivity contribution in [3.63, 3.8) is 0 Å². The zero-order valence-electron chi connectivity index (χ0n) is 17.8. The van der Waals surface area contributed by atoms with Gasteiger partial charge in [-0.15, -0.1) is 0 Å². The van der Waals surface area contributed by atoms with E-state index in [1.807, 2.05) is 6.92 Å². The van der Waals surface area contributed by atoms with Crippen molar-refractivity contribution >= 4 is 23.1 Å². The first kappa shape index (κ1) is 21.2. The van der Waals surface area contributed by atoms with Crippen molar-refractivity contribution in [3.05, 3.63) is 83.8 Å². The number of furan rings is 1. The van der Waals surface area contributed by atoms with Crippen molar-refractivity contribution in [1.29, 1.82) is 0 Å². The lowest BCUT2D eigenvalue weighted by atomic mass is 9.99.